The molecule has 1 atom stereocenters. The van der Waals surface area contributed by atoms with E-state index >= 15 is 0 Å². The van der Waals surface area contributed by atoms with E-state index in [1.807, 2.05) is 7.05 Å². The molecule has 1 heterocycles. The third-order valence-corrected chi connectivity index (χ3v) is 4.90. The maximum Gasteiger partial charge on any atom is 0.341 e. The molecule has 8 heteroatoms. The summed E-state index contributed by atoms with van der Waals surface area (Å²) in [7, 11) is 3.46. The minimum absolute atomic E-state index is 0.223. The summed E-state index contributed by atoms with van der Waals surface area (Å²) in [6.07, 6.45) is 0. The van der Waals surface area contributed by atoms with E-state index in [2.05, 4.69) is 5.32 Å². The Morgan fingerprint density at radius 3 is 2.50 bits per heavy atom. The lowest BCUT2D eigenvalue weighted by Gasteiger charge is -2.15. The lowest BCUT2D eigenvalue weighted by atomic mass is 10.1. The van der Waals surface area contributed by atoms with Gasteiger partial charge < -0.3 is 20.7 Å². The van der Waals surface area contributed by atoms with Crippen molar-refractivity contribution in [2.75, 3.05) is 26.4 Å². The highest BCUT2D eigenvalue weighted by Gasteiger charge is 2.28. The second-order valence-corrected chi connectivity index (χ2v) is 6.94. The topological polar surface area (TPSA) is 85.9 Å². The van der Waals surface area contributed by atoms with E-state index in [0.29, 0.717) is 23.5 Å². The molecule has 2 aromatic rings. The number of rotatable bonds is 7. The standard InChI is InChI=1S/C18H22FN3O3S/c1-4-25-18(24)14-13(15(17(23)21-2)26-16(14)20)10-22(3)9-11-5-7-12(19)8-6-11/h5-8H,4,9-10,20H2,1-3H3,(H,21,23)/p+1. The number of nitrogens with two attached hydrogens (primary N) is 1. The number of thiophene rings is 1. The number of carbonyl (C=O) groups excluding carboxylic acids is 2. The normalized spacial score (nSPS) is 11.8. The van der Waals surface area contributed by atoms with Crippen LogP contribution in [0.3, 0.4) is 0 Å². The lowest BCUT2D eigenvalue weighted by Crippen LogP contribution is -3.06. The molecule has 0 aliphatic heterocycles. The Morgan fingerprint density at radius 2 is 1.92 bits per heavy atom. The van der Waals surface area contributed by atoms with Crippen LogP contribution in [0.15, 0.2) is 24.3 Å². The van der Waals surface area contributed by atoms with Crippen LogP contribution < -0.4 is 16.0 Å². The predicted molar refractivity (Wildman–Crippen MR) is 98.8 cm³/mol. The molecular weight excluding hydrogens is 357 g/mol. The van der Waals surface area contributed by atoms with Gasteiger partial charge >= 0.3 is 5.97 Å². The van der Waals surface area contributed by atoms with Crippen LogP contribution in [0.25, 0.3) is 0 Å². The fourth-order valence-corrected chi connectivity index (χ4v) is 3.71. The van der Waals surface area contributed by atoms with Crippen LogP contribution in [0.5, 0.6) is 0 Å². The van der Waals surface area contributed by atoms with Gasteiger partial charge in [0.1, 0.15) is 34.3 Å². The van der Waals surface area contributed by atoms with Crippen LogP contribution in [0, 0.1) is 5.82 Å². The zero-order valence-electron chi connectivity index (χ0n) is 15.0. The summed E-state index contributed by atoms with van der Waals surface area (Å²) in [4.78, 5) is 25.9. The van der Waals surface area contributed by atoms with E-state index in [9.17, 15) is 14.0 Å². The smallest absolute Gasteiger partial charge is 0.341 e. The first-order valence-electron chi connectivity index (χ1n) is 8.23. The number of quaternary nitrogens is 1. The SMILES string of the molecule is CCOC(=O)c1c(N)sc(C(=O)NC)c1C[NH+](C)Cc1ccc(F)cc1. The number of halogens is 1. The fourth-order valence-electron chi connectivity index (χ4n) is 2.69. The molecule has 1 unspecified atom stereocenters. The molecule has 4 N–H and O–H groups in total. The van der Waals surface area contributed by atoms with Crippen molar-refractivity contribution in [2.24, 2.45) is 0 Å². The van der Waals surface area contributed by atoms with Crippen LogP contribution in [0.2, 0.25) is 0 Å². The molecule has 0 spiro atoms. The first-order valence-corrected chi connectivity index (χ1v) is 9.05. The molecule has 0 bridgehead atoms. The molecule has 6 nitrogen and oxygen atoms in total. The summed E-state index contributed by atoms with van der Waals surface area (Å²) in [5, 5.41) is 2.85. The minimum atomic E-state index is -0.527. The molecule has 1 aromatic carbocycles. The Balaban J connectivity index is 2.31. The van der Waals surface area contributed by atoms with Crippen molar-refractivity contribution in [3.8, 4) is 0 Å². The molecule has 2 rings (SSSR count). The highest BCUT2D eigenvalue weighted by Crippen LogP contribution is 2.31. The summed E-state index contributed by atoms with van der Waals surface area (Å²) in [6.45, 7) is 2.94. The maximum absolute atomic E-state index is 13.1. The van der Waals surface area contributed by atoms with Gasteiger partial charge in [0.05, 0.1) is 13.7 Å². The van der Waals surface area contributed by atoms with E-state index in [0.717, 1.165) is 21.8 Å². The van der Waals surface area contributed by atoms with Gasteiger partial charge in [-0.3, -0.25) is 4.79 Å². The van der Waals surface area contributed by atoms with Gasteiger partial charge in [-0.1, -0.05) is 12.1 Å². The Bertz CT molecular complexity index is 790. The number of esters is 1. The van der Waals surface area contributed by atoms with Gasteiger partial charge in [0.2, 0.25) is 0 Å². The van der Waals surface area contributed by atoms with Crippen LogP contribution in [-0.4, -0.2) is 32.6 Å². The average molecular weight is 380 g/mol. The van der Waals surface area contributed by atoms with Crippen molar-refractivity contribution in [3.63, 3.8) is 0 Å². The second-order valence-electron chi connectivity index (χ2n) is 5.89. The molecule has 140 valence electrons. The number of ether oxygens (including phenoxy) is 1. The van der Waals surface area contributed by atoms with Gasteiger partial charge in [-0.25, -0.2) is 9.18 Å². The molecule has 1 aromatic heterocycles. The second kappa shape index (κ2) is 8.77. The number of nitrogens with one attached hydrogen (secondary N) is 2. The number of amides is 1. The Kier molecular flexibility index (Phi) is 6.70. The van der Waals surface area contributed by atoms with Crippen molar-refractivity contribution >= 4 is 28.2 Å². The highest BCUT2D eigenvalue weighted by atomic mass is 32.1. The van der Waals surface area contributed by atoms with Gasteiger partial charge in [0, 0.05) is 18.2 Å². The molecule has 1 amide bonds. The largest absolute Gasteiger partial charge is 0.462 e. The Hall–Kier alpha value is -2.45. The van der Waals surface area contributed by atoms with Crippen molar-refractivity contribution in [2.45, 2.75) is 20.0 Å². The van der Waals surface area contributed by atoms with E-state index < -0.39 is 5.97 Å². The molecule has 26 heavy (non-hydrogen) atoms. The van der Waals surface area contributed by atoms with Crippen molar-refractivity contribution in [1.29, 1.82) is 0 Å². The quantitative estimate of drug-likeness (QED) is 0.631. The minimum Gasteiger partial charge on any atom is -0.462 e. The Morgan fingerprint density at radius 1 is 1.27 bits per heavy atom. The first-order chi connectivity index (χ1) is 12.4. The van der Waals surface area contributed by atoms with E-state index in [4.69, 9.17) is 10.5 Å². The Labute approximate surface area is 155 Å². The van der Waals surface area contributed by atoms with Gasteiger partial charge in [0.25, 0.3) is 5.91 Å². The van der Waals surface area contributed by atoms with Gasteiger partial charge in [0.15, 0.2) is 0 Å². The summed E-state index contributed by atoms with van der Waals surface area (Å²) in [6, 6.07) is 6.25. The van der Waals surface area contributed by atoms with Gasteiger partial charge in [-0.15, -0.1) is 11.3 Å². The molecule has 0 aliphatic rings. The number of anilines is 1. The van der Waals surface area contributed by atoms with Gasteiger partial charge in [-0.05, 0) is 19.1 Å². The number of hydrogen-bond acceptors (Lipinski definition) is 5. The third kappa shape index (κ3) is 4.59. The summed E-state index contributed by atoms with van der Waals surface area (Å²) in [5.74, 6) is -1.11. The van der Waals surface area contributed by atoms with Crippen molar-refractivity contribution in [3.05, 3.63) is 51.7 Å². The summed E-state index contributed by atoms with van der Waals surface area (Å²) in [5.41, 5.74) is 7.78. The van der Waals surface area contributed by atoms with E-state index in [-0.39, 0.29) is 28.9 Å². The molecule has 0 saturated carbocycles. The number of carbonyl (C=O) groups is 2. The summed E-state index contributed by atoms with van der Waals surface area (Å²) >= 11 is 1.08. The van der Waals surface area contributed by atoms with Crippen molar-refractivity contribution in [1.82, 2.24) is 5.32 Å². The molecule has 0 saturated heterocycles. The van der Waals surface area contributed by atoms with Crippen LogP contribution in [-0.2, 0) is 17.8 Å². The zero-order chi connectivity index (χ0) is 19.3. The van der Waals surface area contributed by atoms with E-state index in [1.165, 1.54) is 19.2 Å². The highest BCUT2D eigenvalue weighted by molar-refractivity contribution is 7.18. The van der Waals surface area contributed by atoms with Crippen LogP contribution in [0.4, 0.5) is 9.39 Å². The fraction of sp³-hybridized carbons (Fsp3) is 0.333. The van der Waals surface area contributed by atoms with Gasteiger partial charge in [-0.2, -0.15) is 0 Å². The molecule has 0 aliphatic carbocycles. The first kappa shape index (κ1) is 19.9. The number of hydrogen-bond donors (Lipinski definition) is 3. The molecule has 0 fully saturated rings. The number of benzene rings is 1. The lowest BCUT2D eigenvalue weighted by molar-refractivity contribution is -0.907. The monoisotopic (exact) mass is 380 g/mol. The van der Waals surface area contributed by atoms with Crippen molar-refractivity contribution < 1.29 is 23.6 Å². The summed E-state index contributed by atoms with van der Waals surface area (Å²) < 4.78 is 18.1. The molecular formula is C18H23FN3O3S+. The number of nitrogen functional groups attached to an aromatic ring is 1. The van der Waals surface area contributed by atoms with Crippen LogP contribution in [0.1, 0.15) is 38.1 Å². The maximum atomic E-state index is 13.1. The molecule has 0 radical (unpaired) electrons. The van der Waals surface area contributed by atoms with Crippen LogP contribution >= 0.6 is 11.3 Å². The van der Waals surface area contributed by atoms with E-state index in [1.54, 1.807) is 19.1 Å². The third-order valence-electron chi connectivity index (χ3n) is 3.84. The predicted octanol–water partition coefficient (Wildman–Crippen LogP) is 1.22. The average Bonchev–Trinajstić information content (AvgIpc) is 2.92. The zero-order valence-corrected chi connectivity index (χ0v) is 15.8.